The normalized spacial score (nSPS) is 10.1. The van der Waals surface area contributed by atoms with Gasteiger partial charge in [0, 0.05) is 0 Å². The molecule has 2 amide bonds. The number of amides is 2. The predicted octanol–water partition coefficient (Wildman–Crippen LogP) is 1.18. The number of rotatable bonds is 5. The van der Waals surface area contributed by atoms with Gasteiger partial charge in [-0.1, -0.05) is 35.2 Å². The fourth-order valence-corrected chi connectivity index (χ4v) is 2.90. The smallest absolute Gasteiger partial charge is 0.261 e. The Hall–Kier alpha value is -2.13. The van der Waals surface area contributed by atoms with E-state index in [9.17, 15) is 9.59 Å². The standard InChI is InChI=1S/C12H12N4O3S2/c1-19-8-5-3-2-4-7(8)10(18)14-9(17)6-20-12-16-15-11(13)21-12/h2-5H,6H2,1H3,(H2,13,15)(H,14,17,18). The molecule has 2 rings (SSSR count). The molecule has 0 spiro atoms. The van der Waals surface area contributed by atoms with Crippen molar-refractivity contribution in [1.29, 1.82) is 0 Å². The number of hydrogen-bond donors (Lipinski definition) is 2. The van der Waals surface area contributed by atoms with E-state index < -0.39 is 11.8 Å². The van der Waals surface area contributed by atoms with Crippen molar-refractivity contribution >= 4 is 40.0 Å². The van der Waals surface area contributed by atoms with Crippen molar-refractivity contribution < 1.29 is 14.3 Å². The molecule has 0 saturated carbocycles. The fourth-order valence-electron chi connectivity index (χ4n) is 1.47. The van der Waals surface area contributed by atoms with E-state index in [1.54, 1.807) is 24.3 Å². The molecule has 1 aromatic carbocycles. The van der Waals surface area contributed by atoms with Gasteiger partial charge in [0.15, 0.2) is 4.34 Å². The number of hydrogen-bond acceptors (Lipinski definition) is 8. The first-order valence-electron chi connectivity index (χ1n) is 5.79. The molecular formula is C12H12N4O3S2. The van der Waals surface area contributed by atoms with Gasteiger partial charge in [0.05, 0.1) is 18.4 Å². The van der Waals surface area contributed by atoms with Crippen molar-refractivity contribution in [2.24, 2.45) is 0 Å². The molecule has 7 nitrogen and oxygen atoms in total. The Bertz CT molecular complexity index is 659. The molecule has 0 bridgehead atoms. The zero-order valence-corrected chi connectivity index (χ0v) is 12.7. The largest absolute Gasteiger partial charge is 0.496 e. The highest BCUT2D eigenvalue weighted by molar-refractivity contribution is 8.01. The summed E-state index contributed by atoms with van der Waals surface area (Å²) in [6.07, 6.45) is 0. The van der Waals surface area contributed by atoms with Crippen LogP contribution in [0.4, 0.5) is 5.13 Å². The molecule has 0 aliphatic rings. The fraction of sp³-hybridized carbons (Fsp3) is 0.167. The van der Waals surface area contributed by atoms with Crippen LogP contribution >= 0.6 is 23.1 Å². The number of benzene rings is 1. The lowest BCUT2D eigenvalue weighted by Crippen LogP contribution is -2.32. The van der Waals surface area contributed by atoms with Crippen LogP contribution in [-0.2, 0) is 4.79 Å². The average Bonchev–Trinajstić information content (AvgIpc) is 2.90. The zero-order chi connectivity index (χ0) is 15.2. The Kier molecular flexibility index (Phi) is 5.12. The van der Waals surface area contributed by atoms with Crippen LogP contribution in [0.3, 0.4) is 0 Å². The van der Waals surface area contributed by atoms with E-state index >= 15 is 0 Å². The quantitative estimate of drug-likeness (QED) is 0.795. The number of nitrogen functional groups attached to an aromatic ring is 1. The van der Waals surface area contributed by atoms with E-state index in [1.807, 2.05) is 0 Å². The molecule has 0 aliphatic heterocycles. The van der Waals surface area contributed by atoms with Crippen LogP contribution in [0, 0.1) is 0 Å². The van der Waals surface area contributed by atoms with Crippen LogP contribution in [0.15, 0.2) is 28.6 Å². The minimum absolute atomic E-state index is 0.0511. The summed E-state index contributed by atoms with van der Waals surface area (Å²) in [5.74, 6) is -0.470. The number of methoxy groups -OCH3 is 1. The van der Waals surface area contributed by atoms with E-state index in [4.69, 9.17) is 10.5 Å². The third-order valence-corrected chi connectivity index (χ3v) is 4.24. The van der Waals surface area contributed by atoms with E-state index in [-0.39, 0.29) is 5.75 Å². The molecule has 3 N–H and O–H groups in total. The number of nitrogens with zero attached hydrogens (tertiary/aromatic N) is 2. The van der Waals surface area contributed by atoms with Crippen LogP contribution in [0.5, 0.6) is 5.75 Å². The molecule has 1 heterocycles. The summed E-state index contributed by atoms with van der Waals surface area (Å²) in [5, 5.41) is 10.0. The number of para-hydroxylation sites is 1. The molecule has 2 aromatic rings. The second-order valence-electron chi connectivity index (χ2n) is 3.77. The van der Waals surface area contributed by atoms with Crippen molar-refractivity contribution in [3.63, 3.8) is 0 Å². The minimum atomic E-state index is -0.505. The first-order chi connectivity index (χ1) is 10.1. The zero-order valence-electron chi connectivity index (χ0n) is 11.0. The van der Waals surface area contributed by atoms with Gasteiger partial charge in [-0.25, -0.2) is 0 Å². The van der Waals surface area contributed by atoms with Gasteiger partial charge >= 0.3 is 0 Å². The van der Waals surface area contributed by atoms with Crippen LogP contribution in [-0.4, -0.2) is 34.9 Å². The minimum Gasteiger partial charge on any atom is -0.496 e. The highest BCUT2D eigenvalue weighted by atomic mass is 32.2. The van der Waals surface area contributed by atoms with Gasteiger partial charge in [-0.2, -0.15) is 0 Å². The highest BCUT2D eigenvalue weighted by Gasteiger charge is 2.15. The first-order valence-corrected chi connectivity index (χ1v) is 7.59. The molecule has 9 heteroatoms. The van der Waals surface area contributed by atoms with Crippen molar-refractivity contribution in [2.75, 3.05) is 18.6 Å². The second kappa shape index (κ2) is 7.04. The molecule has 0 radical (unpaired) electrons. The lowest BCUT2D eigenvalue weighted by atomic mass is 10.2. The van der Waals surface area contributed by atoms with Crippen molar-refractivity contribution in [1.82, 2.24) is 15.5 Å². The van der Waals surface area contributed by atoms with Gasteiger partial charge in [-0.3, -0.25) is 14.9 Å². The predicted molar refractivity (Wildman–Crippen MR) is 80.5 cm³/mol. The summed E-state index contributed by atoms with van der Waals surface area (Å²) < 4.78 is 5.65. The Morgan fingerprint density at radius 3 is 2.81 bits per heavy atom. The van der Waals surface area contributed by atoms with Crippen molar-refractivity contribution in [3.05, 3.63) is 29.8 Å². The number of aromatic nitrogens is 2. The summed E-state index contributed by atoms with van der Waals surface area (Å²) in [5.41, 5.74) is 5.74. The van der Waals surface area contributed by atoms with Crippen LogP contribution in [0.1, 0.15) is 10.4 Å². The van der Waals surface area contributed by atoms with Crippen molar-refractivity contribution in [3.8, 4) is 5.75 Å². The summed E-state index contributed by atoms with van der Waals surface area (Å²) in [7, 11) is 1.46. The monoisotopic (exact) mass is 324 g/mol. The summed E-state index contributed by atoms with van der Waals surface area (Å²) in [6.45, 7) is 0. The SMILES string of the molecule is COc1ccccc1C(=O)NC(=O)CSc1nnc(N)s1. The average molecular weight is 324 g/mol. The first kappa shape index (κ1) is 15.3. The lowest BCUT2D eigenvalue weighted by molar-refractivity contribution is -0.117. The van der Waals surface area contributed by atoms with Gasteiger partial charge < -0.3 is 10.5 Å². The molecular weight excluding hydrogens is 312 g/mol. The van der Waals surface area contributed by atoms with E-state index in [2.05, 4.69) is 15.5 Å². The van der Waals surface area contributed by atoms with Gasteiger partial charge in [0.2, 0.25) is 11.0 Å². The van der Waals surface area contributed by atoms with Crippen LogP contribution < -0.4 is 15.8 Å². The third kappa shape index (κ3) is 4.17. The Labute approximate surface area is 128 Å². The van der Waals surface area contributed by atoms with Crippen LogP contribution in [0.2, 0.25) is 0 Å². The molecule has 21 heavy (non-hydrogen) atoms. The molecule has 110 valence electrons. The summed E-state index contributed by atoms with van der Waals surface area (Å²) in [4.78, 5) is 23.7. The molecule has 0 atom stereocenters. The number of nitrogens with one attached hydrogen (secondary N) is 1. The maximum Gasteiger partial charge on any atom is 0.261 e. The molecule has 0 unspecified atom stereocenters. The molecule has 1 aromatic heterocycles. The number of nitrogens with two attached hydrogens (primary N) is 1. The Balaban J connectivity index is 1.91. The maximum absolute atomic E-state index is 12.0. The van der Waals surface area contributed by atoms with Gasteiger partial charge in [0.25, 0.3) is 5.91 Å². The number of anilines is 1. The van der Waals surface area contributed by atoms with E-state index in [0.717, 1.165) is 0 Å². The van der Waals surface area contributed by atoms with Gasteiger partial charge in [-0.05, 0) is 12.1 Å². The lowest BCUT2D eigenvalue weighted by Gasteiger charge is -2.07. The molecule has 0 saturated heterocycles. The molecule has 0 aliphatic carbocycles. The number of carbonyl (C=O) groups is 2. The maximum atomic E-state index is 12.0. The van der Waals surface area contributed by atoms with Gasteiger partial charge in [0.1, 0.15) is 5.75 Å². The van der Waals surface area contributed by atoms with E-state index in [1.165, 1.54) is 30.2 Å². The van der Waals surface area contributed by atoms with E-state index in [0.29, 0.717) is 20.8 Å². The number of thioether (sulfide) groups is 1. The molecule has 0 fully saturated rings. The van der Waals surface area contributed by atoms with Crippen molar-refractivity contribution in [2.45, 2.75) is 4.34 Å². The Morgan fingerprint density at radius 1 is 1.38 bits per heavy atom. The topological polar surface area (TPSA) is 107 Å². The van der Waals surface area contributed by atoms with Crippen LogP contribution in [0.25, 0.3) is 0 Å². The number of imide groups is 1. The highest BCUT2D eigenvalue weighted by Crippen LogP contribution is 2.23. The Morgan fingerprint density at radius 2 is 2.14 bits per heavy atom. The number of carbonyl (C=O) groups excluding carboxylic acids is 2. The summed E-state index contributed by atoms with van der Waals surface area (Å²) in [6, 6.07) is 6.67. The third-order valence-electron chi connectivity index (χ3n) is 2.35. The van der Waals surface area contributed by atoms with Gasteiger partial charge in [-0.15, -0.1) is 10.2 Å². The number of ether oxygens (including phenoxy) is 1. The second-order valence-corrected chi connectivity index (χ2v) is 6.00. The summed E-state index contributed by atoms with van der Waals surface area (Å²) >= 11 is 2.35.